The molecule has 4 rings (SSSR count). The van der Waals surface area contributed by atoms with Crippen molar-refractivity contribution in [1.82, 2.24) is 5.32 Å². The van der Waals surface area contributed by atoms with Crippen LogP contribution in [-0.2, 0) is 9.59 Å². The Morgan fingerprint density at radius 2 is 2.04 bits per heavy atom. The number of carbonyl (C=O) groups is 2. The Morgan fingerprint density at radius 1 is 1.26 bits per heavy atom. The van der Waals surface area contributed by atoms with Gasteiger partial charge in [-0.15, -0.1) is 0 Å². The molecule has 2 aliphatic heterocycles. The van der Waals surface area contributed by atoms with Gasteiger partial charge in [-0.05, 0) is 30.3 Å². The molecule has 0 bridgehead atoms. The summed E-state index contributed by atoms with van der Waals surface area (Å²) in [4.78, 5) is 26.2. The van der Waals surface area contributed by atoms with Gasteiger partial charge in [0.1, 0.15) is 18.4 Å². The highest BCUT2D eigenvalue weighted by atomic mass is 16.6. The number of methoxy groups -OCH3 is 1. The quantitative estimate of drug-likeness (QED) is 0.894. The smallest absolute Gasteiger partial charge is 0.254 e. The molecule has 140 valence electrons. The van der Waals surface area contributed by atoms with E-state index in [4.69, 9.17) is 14.2 Å². The van der Waals surface area contributed by atoms with Gasteiger partial charge in [0.2, 0.25) is 5.91 Å². The van der Waals surface area contributed by atoms with E-state index in [-0.39, 0.29) is 17.9 Å². The van der Waals surface area contributed by atoms with Crippen molar-refractivity contribution in [1.29, 1.82) is 0 Å². The summed E-state index contributed by atoms with van der Waals surface area (Å²) in [6.07, 6.45) is -0.310. The number of benzene rings is 2. The van der Waals surface area contributed by atoms with Crippen LogP contribution in [0.15, 0.2) is 42.5 Å². The van der Waals surface area contributed by atoms with Gasteiger partial charge in [0.15, 0.2) is 17.6 Å². The number of anilines is 1. The lowest BCUT2D eigenvalue weighted by molar-refractivity contribution is -0.126. The van der Waals surface area contributed by atoms with E-state index < -0.39 is 6.04 Å². The molecule has 2 atom stereocenters. The van der Waals surface area contributed by atoms with Crippen LogP contribution in [0.2, 0.25) is 0 Å². The lowest BCUT2D eigenvalue weighted by Gasteiger charge is -2.30. The van der Waals surface area contributed by atoms with Gasteiger partial charge in [-0.2, -0.15) is 0 Å². The van der Waals surface area contributed by atoms with E-state index in [1.54, 1.807) is 24.1 Å². The predicted octanol–water partition coefficient (Wildman–Crippen LogP) is 2.06. The normalized spacial score (nSPS) is 20.2. The van der Waals surface area contributed by atoms with Gasteiger partial charge in [0, 0.05) is 18.2 Å². The van der Waals surface area contributed by atoms with Crippen molar-refractivity contribution in [3.05, 3.63) is 48.0 Å². The molecule has 27 heavy (non-hydrogen) atoms. The lowest BCUT2D eigenvalue weighted by Crippen LogP contribution is -2.44. The van der Waals surface area contributed by atoms with Crippen molar-refractivity contribution >= 4 is 17.5 Å². The summed E-state index contributed by atoms with van der Waals surface area (Å²) >= 11 is 0. The molecule has 0 aliphatic carbocycles. The maximum Gasteiger partial charge on any atom is 0.254 e. The Bertz CT molecular complexity index is 898. The third-order valence-corrected chi connectivity index (χ3v) is 4.65. The fourth-order valence-corrected chi connectivity index (χ4v) is 3.43. The first-order chi connectivity index (χ1) is 13.1. The van der Waals surface area contributed by atoms with E-state index in [1.165, 1.54) is 6.92 Å². The Morgan fingerprint density at radius 3 is 2.78 bits per heavy atom. The number of carbonyl (C=O) groups excluding carboxylic acids is 2. The molecule has 0 saturated carbocycles. The van der Waals surface area contributed by atoms with Crippen LogP contribution in [0.4, 0.5) is 5.69 Å². The van der Waals surface area contributed by atoms with E-state index in [2.05, 4.69) is 5.32 Å². The van der Waals surface area contributed by atoms with Gasteiger partial charge in [0.05, 0.1) is 13.7 Å². The minimum Gasteiger partial charge on any atom is -0.497 e. The molecule has 7 heteroatoms. The predicted molar refractivity (Wildman–Crippen MR) is 98.3 cm³/mol. The average Bonchev–Trinajstić information content (AvgIpc) is 2.92. The van der Waals surface area contributed by atoms with Crippen LogP contribution in [0.3, 0.4) is 0 Å². The second kappa shape index (κ2) is 6.83. The fraction of sp³-hybridized carbons (Fsp3) is 0.300. The number of fused-ring (bicyclic) bond motifs is 2. The lowest BCUT2D eigenvalue weighted by atomic mass is 10.1. The standard InChI is InChI=1S/C20H20N2O5/c1-12(23)21-19-15-9-13(25-2)7-8-16(15)22(20(19)24)10-14-11-26-17-5-3-4-6-18(17)27-14/h3-9,14,19H,10-11H2,1-2H3,(H,21,23)/t14-,19+/m1/s1. The largest absolute Gasteiger partial charge is 0.497 e. The molecule has 2 aromatic carbocycles. The molecule has 2 amide bonds. The van der Waals surface area contributed by atoms with Gasteiger partial charge in [0.25, 0.3) is 5.91 Å². The number of nitrogens with zero attached hydrogens (tertiary/aromatic N) is 1. The summed E-state index contributed by atoms with van der Waals surface area (Å²) in [7, 11) is 1.56. The van der Waals surface area contributed by atoms with Crippen molar-refractivity contribution in [2.75, 3.05) is 25.2 Å². The summed E-state index contributed by atoms with van der Waals surface area (Å²) in [6.45, 7) is 2.06. The minimum absolute atomic E-state index is 0.198. The number of ether oxygens (including phenoxy) is 3. The van der Waals surface area contributed by atoms with E-state index in [1.807, 2.05) is 30.3 Å². The molecule has 2 aromatic rings. The monoisotopic (exact) mass is 368 g/mol. The highest BCUT2D eigenvalue weighted by Gasteiger charge is 2.40. The maximum atomic E-state index is 13.0. The van der Waals surface area contributed by atoms with E-state index >= 15 is 0 Å². The molecule has 0 saturated heterocycles. The van der Waals surface area contributed by atoms with Crippen LogP contribution in [0.25, 0.3) is 0 Å². The van der Waals surface area contributed by atoms with E-state index in [0.717, 1.165) is 5.69 Å². The number of nitrogens with one attached hydrogen (secondary N) is 1. The summed E-state index contributed by atoms with van der Waals surface area (Å²) < 4.78 is 17.0. The van der Waals surface area contributed by atoms with Crippen LogP contribution < -0.4 is 24.4 Å². The number of rotatable bonds is 4. The third-order valence-electron chi connectivity index (χ3n) is 4.65. The summed E-state index contributed by atoms with van der Waals surface area (Å²) in [6, 6.07) is 12.1. The highest BCUT2D eigenvalue weighted by molar-refractivity contribution is 6.06. The zero-order valence-corrected chi connectivity index (χ0v) is 15.1. The highest BCUT2D eigenvalue weighted by Crippen LogP contribution is 2.39. The first-order valence-corrected chi connectivity index (χ1v) is 8.71. The SMILES string of the molecule is COc1ccc2c(c1)[C@H](NC(C)=O)C(=O)N2C[C@@H]1COc2ccccc2O1. The zero-order chi connectivity index (χ0) is 19.0. The molecule has 0 aromatic heterocycles. The molecule has 0 spiro atoms. The number of para-hydroxylation sites is 2. The minimum atomic E-state index is -0.732. The average molecular weight is 368 g/mol. The van der Waals surface area contributed by atoms with Gasteiger partial charge in [-0.3, -0.25) is 9.59 Å². The molecule has 2 aliphatic rings. The van der Waals surface area contributed by atoms with Crippen LogP contribution in [0.1, 0.15) is 18.5 Å². The van der Waals surface area contributed by atoms with E-state index in [0.29, 0.717) is 36.0 Å². The first kappa shape index (κ1) is 17.2. The second-order valence-corrected chi connectivity index (χ2v) is 6.50. The molecular formula is C20H20N2O5. The van der Waals surface area contributed by atoms with Gasteiger partial charge in [-0.25, -0.2) is 0 Å². The number of hydrogen-bond acceptors (Lipinski definition) is 5. The maximum absolute atomic E-state index is 13.0. The number of hydrogen-bond donors (Lipinski definition) is 1. The van der Waals surface area contributed by atoms with Crippen molar-refractivity contribution in [3.63, 3.8) is 0 Å². The first-order valence-electron chi connectivity index (χ1n) is 8.71. The molecular weight excluding hydrogens is 348 g/mol. The van der Waals surface area contributed by atoms with E-state index in [9.17, 15) is 9.59 Å². The topological polar surface area (TPSA) is 77.1 Å². The van der Waals surface area contributed by atoms with Crippen LogP contribution >= 0.6 is 0 Å². The fourth-order valence-electron chi connectivity index (χ4n) is 3.43. The van der Waals surface area contributed by atoms with Crippen molar-refractivity contribution in [2.24, 2.45) is 0 Å². The molecule has 1 N–H and O–H groups in total. The summed E-state index contributed by atoms with van der Waals surface area (Å²) in [5.41, 5.74) is 1.45. The Kier molecular flexibility index (Phi) is 4.35. The Hall–Kier alpha value is -3.22. The number of amides is 2. The van der Waals surface area contributed by atoms with Crippen molar-refractivity contribution < 1.29 is 23.8 Å². The zero-order valence-electron chi connectivity index (χ0n) is 15.1. The molecule has 0 fully saturated rings. The van der Waals surface area contributed by atoms with Crippen LogP contribution in [0, 0.1) is 0 Å². The van der Waals surface area contributed by atoms with Crippen LogP contribution in [-0.4, -0.2) is 38.2 Å². The second-order valence-electron chi connectivity index (χ2n) is 6.50. The van der Waals surface area contributed by atoms with Gasteiger partial charge in [-0.1, -0.05) is 12.1 Å². The molecule has 0 radical (unpaired) electrons. The summed E-state index contributed by atoms with van der Waals surface area (Å²) in [5, 5.41) is 2.72. The van der Waals surface area contributed by atoms with Crippen LogP contribution in [0.5, 0.6) is 17.2 Å². The molecule has 0 unspecified atom stereocenters. The molecule has 2 heterocycles. The molecule has 7 nitrogen and oxygen atoms in total. The van der Waals surface area contributed by atoms with Gasteiger partial charge >= 0.3 is 0 Å². The van der Waals surface area contributed by atoms with Crippen molar-refractivity contribution in [3.8, 4) is 17.2 Å². The van der Waals surface area contributed by atoms with Gasteiger partial charge < -0.3 is 24.4 Å². The van der Waals surface area contributed by atoms with Crippen molar-refractivity contribution in [2.45, 2.75) is 19.1 Å². The third kappa shape index (κ3) is 3.16. The summed E-state index contributed by atoms with van der Waals surface area (Å²) in [5.74, 6) is 1.52. The Balaban J connectivity index is 1.60. The Labute approximate surface area is 156 Å².